The van der Waals surface area contributed by atoms with Crippen molar-refractivity contribution in [2.45, 2.75) is 33.2 Å². The summed E-state index contributed by atoms with van der Waals surface area (Å²) in [7, 11) is 0. The molecule has 0 radical (unpaired) electrons. The molecule has 1 fully saturated rings. The SMILES string of the molecule is CC(C)C/C=C(\CN1CCNC(=O)[C@H]1C)c1ccccc1. The summed E-state index contributed by atoms with van der Waals surface area (Å²) in [6.45, 7) is 8.95. The molecular weight excluding hydrogens is 260 g/mol. The third-order valence-electron chi connectivity index (χ3n) is 3.98. The second-order valence-electron chi connectivity index (χ2n) is 6.16. The molecule has 3 heteroatoms. The Hall–Kier alpha value is -1.61. The van der Waals surface area contributed by atoms with Crippen molar-refractivity contribution in [2.24, 2.45) is 5.92 Å². The number of benzene rings is 1. The van der Waals surface area contributed by atoms with E-state index in [2.05, 4.69) is 54.4 Å². The van der Waals surface area contributed by atoms with E-state index in [4.69, 9.17) is 0 Å². The van der Waals surface area contributed by atoms with Gasteiger partial charge < -0.3 is 5.32 Å². The molecule has 0 unspecified atom stereocenters. The van der Waals surface area contributed by atoms with Crippen LogP contribution in [0.2, 0.25) is 0 Å². The Morgan fingerprint density at radius 2 is 2.10 bits per heavy atom. The van der Waals surface area contributed by atoms with Crippen molar-refractivity contribution in [1.82, 2.24) is 10.2 Å². The van der Waals surface area contributed by atoms with Crippen molar-refractivity contribution >= 4 is 11.5 Å². The largest absolute Gasteiger partial charge is 0.353 e. The molecule has 1 aromatic carbocycles. The van der Waals surface area contributed by atoms with Crippen LogP contribution in [0, 0.1) is 5.92 Å². The Morgan fingerprint density at radius 1 is 1.38 bits per heavy atom. The van der Waals surface area contributed by atoms with E-state index in [0.29, 0.717) is 5.92 Å². The van der Waals surface area contributed by atoms with E-state index < -0.39 is 0 Å². The molecule has 0 aliphatic carbocycles. The minimum atomic E-state index is -0.0510. The van der Waals surface area contributed by atoms with E-state index in [1.807, 2.05) is 13.0 Å². The molecule has 0 spiro atoms. The van der Waals surface area contributed by atoms with Crippen molar-refractivity contribution in [3.05, 3.63) is 42.0 Å². The summed E-state index contributed by atoms with van der Waals surface area (Å²) in [5.41, 5.74) is 2.59. The molecule has 1 aromatic rings. The molecule has 0 saturated carbocycles. The summed E-state index contributed by atoms with van der Waals surface area (Å²) < 4.78 is 0. The lowest BCUT2D eigenvalue weighted by Gasteiger charge is -2.33. The van der Waals surface area contributed by atoms with Gasteiger partial charge in [0.2, 0.25) is 5.91 Å². The molecule has 1 aliphatic heterocycles. The zero-order chi connectivity index (χ0) is 15.2. The van der Waals surface area contributed by atoms with Gasteiger partial charge in [-0.2, -0.15) is 0 Å². The summed E-state index contributed by atoms with van der Waals surface area (Å²) in [6.07, 6.45) is 3.40. The molecule has 114 valence electrons. The number of carbonyl (C=O) groups excluding carboxylic acids is 1. The minimum absolute atomic E-state index is 0.0510. The molecule has 1 heterocycles. The number of amides is 1. The maximum Gasteiger partial charge on any atom is 0.237 e. The van der Waals surface area contributed by atoms with E-state index in [1.165, 1.54) is 11.1 Å². The zero-order valence-corrected chi connectivity index (χ0v) is 13.3. The fraction of sp³-hybridized carbons (Fsp3) is 0.500. The summed E-state index contributed by atoms with van der Waals surface area (Å²) >= 11 is 0. The normalized spacial score (nSPS) is 20.7. The summed E-state index contributed by atoms with van der Waals surface area (Å²) in [4.78, 5) is 14.1. The summed E-state index contributed by atoms with van der Waals surface area (Å²) in [6, 6.07) is 10.4. The second kappa shape index (κ2) is 7.41. The highest BCUT2D eigenvalue weighted by molar-refractivity contribution is 5.82. The van der Waals surface area contributed by atoms with Crippen LogP contribution >= 0.6 is 0 Å². The van der Waals surface area contributed by atoms with Crippen molar-refractivity contribution < 1.29 is 4.79 Å². The molecule has 1 aliphatic rings. The van der Waals surface area contributed by atoms with Crippen molar-refractivity contribution in [3.63, 3.8) is 0 Å². The van der Waals surface area contributed by atoms with Crippen molar-refractivity contribution in [3.8, 4) is 0 Å². The Kier molecular flexibility index (Phi) is 5.57. The minimum Gasteiger partial charge on any atom is -0.353 e. The predicted octanol–water partition coefficient (Wildman–Crippen LogP) is 2.94. The predicted molar refractivity (Wildman–Crippen MR) is 87.9 cm³/mol. The third kappa shape index (κ3) is 4.43. The van der Waals surface area contributed by atoms with Gasteiger partial charge >= 0.3 is 0 Å². The lowest BCUT2D eigenvalue weighted by Crippen LogP contribution is -2.54. The highest BCUT2D eigenvalue weighted by atomic mass is 16.2. The Bertz CT molecular complexity index is 493. The maximum absolute atomic E-state index is 11.8. The fourth-order valence-corrected chi connectivity index (χ4v) is 2.57. The van der Waals surface area contributed by atoms with Gasteiger partial charge in [0.25, 0.3) is 0 Å². The second-order valence-corrected chi connectivity index (χ2v) is 6.16. The Morgan fingerprint density at radius 3 is 2.76 bits per heavy atom. The monoisotopic (exact) mass is 286 g/mol. The molecule has 3 nitrogen and oxygen atoms in total. The third-order valence-corrected chi connectivity index (χ3v) is 3.98. The maximum atomic E-state index is 11.8. The van der Waals surface area contributed by atoms with E-state index in [9.17, 15) is 4.79 Å². The lowest BCUT2D eigenvalue weighted by molar-refractivity contribution is -0.127. The standard InChI is InChI=1S/C18H26N2O/c1-14(2)9-10-17(16-7-5-4-6-8-16)13-20-12-11-19-18(21)15(20)3/h4-8,10,14-15H,9,11-13H2,1-3H3,(H,19,21)/b17-10+/t15-/m1/s1. The molecule has 21 heavy (non-hydrogen) atoms. The van der Waals surface area contributed by atoms with Gasteiger partial charge in [-0.15, -0.1) is 0 Å². The van der Waals surface area contributed by atoms with Gasteiger partial charge in [-0.1, -0.05) is 50.3 Å². The average molecular weight is 286 g/mol. The summed E-state index contributed by atoms with van der Waals surface area (Å²) in [5, 5.41) is 2.92. The van der Waals surface area contributed by atoms with Gasteiger partial charge in [0.15, 0.2) is 0 Å². The van der Waals surface area contributed by atoms with Gasteiger partial charge in [-0.3, -0.25) is 9.69 Å². The Labute approximate surface area is 128 Å². The van der Waals surface area contributed by atoms with Gasteiger partial charge in [0.05, 0.1) is 6.04 Å². The van der Waals surface area contributed by atoms with Crippen LogP contribution in [-0.2, 0) is 4.79 Å². The fourth-order valence-electron chi connectivity index (χ4n) is 2.57. The van der Waals surface area contributed by atoms with E-state index >= 15 is 0 Å². The first-order chi connectivity index (χ1) is 10.1. The molecule has 1 amide bonds. The van der Waals surface area contributed by atoms with Gasteiger partial charge in [0, 0.05) is 19.6 Å². The topological polar surface area (TPSA) is 32.3 Å². The summed E-state index contributed by atoms with van der Waals surface area (Å²) in [5.74, 6) is 0.781. The van der Waals surface area contributed by atoms with Crippen LogP contribution in [0.4, 0.5) is 0 Å². The highest BCUT2D eigenvalue weighted by Gasteiger charge is 2.25. The van der Waals surface area contributed by atoms with E-state index in [-0.39, 0.29) is 11.9 Å². The molecule has 1 N–H and O–H groups in total. The molecule has 2 rings (SSSR count). The smallest absolute Gasteiger partial charge is 0.237 e. The number of allylic oxidation sites excluding steroid dienone is 1. The van der Waals surface area contributed by atoms with Crippen LogP contribution in [0.1, 0.15) is 32.8 Å². The number of nitrogens with zero attached hydrogens (tertiary/aromatic N) is 1. The lowest BCUT2D eigenvalue weighted by atomic mass is 10.00. The first-order valence-electron chi connectivity index (χ1n) is 7.84. The average Bonchev–Trinajstić information content (AvgIpc) is 2.48. The number of carbonyl (C=O) groups is 1. The molecule has 1 saturated heterocycles. The van der Waals surface area contributed by atoms with Gasteiger partial charge in [-0.05, 0) is 30.4 Å². The van der Waals surface area contributed by atoms with E-state index in [0.717, 1.165) is 26.1 Å². The van der Waals surface area contributed by atoms with Gasteiger partial charge in [0.1, 0.15) is 0 Å². The van der Waals surface area contributed by atoms with Crippen molar-refractivity contribution in [2.75, 3.05) is 19.6 Å². The van der Waals surface area contributed by atoms with Crippen LogP contribution in [0.15, 0.2) is 36.4 Å². The number of hydrogen-bond acceptors (Lipinski definition) is 2. The highest BCUT2D eigenvalue weighted by Crippen LogP contribution is 2.20. The zero-order valence-electron chi connectivity index (χ0n) is 13.3. The molecular formula is C18H26N2O. The quantitative estimate of drug-likeness (QED) is 0.902. The first-order valence-corrected chi connectivity index (χ1v) is 7.84. The van der Waals surface area contributed by atoms with E-state index in [1.54, 1.807) is 0 Å². The number of rotatable bonds is 5. The number of piperazine rings is 1. The van der Waals surface area contributed by atoms with Crippen LogP contribution in [0.25, 0.3) is 5.57 Å². The van der Waals surface area contributed by atoms with Crippen LogP contribution in [0.3, 0.4) is 0 Å². The van der Waals surface area contributed by atoms with Crippen molar-refractivity contribution in [1.29, 1.82) is 0 Å². The molecule has 1 atom stereocenters. The first kappa shape index (κ1) is 15.8. The Balaban J connectivity index is 2.16. The van der Waals surface area contributed by atoms with Gasteiger partial charge in [-0.25, -0.2) is 0 Å². The van der Waals surface area contributed by atoms with Crippen LogP contribution in [0.5, 0.6) is 0 Å². The van der Waals surface area contributed by atoms with Crippen LogP contribution in [-0.4, -0.2) is 36.5 Å². The molecule has 0 bridgehead atoms. The van der Waals surface area contributed by atoms with Crippen LogP contribution < -0.4 is 5.32 Å². The number of hydrogen-bond donors (Lipinski definition) is 1. The number of nitrogens with one attached hydrogen (secondary N) is 1. The molecule has 0 aromatic heterocycles.